The number of nitrogen functional groups attached to an aromatic ring is 1. The van der Waals surface area contributed by atoms with Crippen LogP contribution in [0, 0.1) is 0 Å². The van der Waals surface area contributed by atoms with E-state index in [0.717, 1.165) is 18.4 Å². The molecule has 1 aromatic rings. The van der Waals surface area contributed by atoms with Crippen molar-refractivity contribution < 1.29 is 4.79 Å². The summed E-state index contributed by atoms with van der Waals surface area (Å²) >= 11 is 1.52. The summed E-state index contributed by atoms with van der Waals surface area (Å²) in [4.78, 5) is 15.0. The Kier molecular flexibility index (Phi) is 3.14. The van der Waals surface area contributed by atoms with Gasteiger partial charge in [0.2, 0.25) is 0 Å². The van der Waals surface area contributed by atoms with Gasteiger partial charge >= 0.3 is 0 Å². The summed E-state index contributed by atoms with van der Waals surface area (Å²) in [7, 11) is 2.10. The molecule has 0 spiro atoms. The molecule has 2 atom stereocenters. The molecular formula is C12H19N3OS. The Morgan fingerprint density at radius 2 is 2.24 bits per heavy atom. The number of thiophene rings is 1. The van der Waals surface area contributed by atoms with Crippen molar-refractivity contribution in [2.24, 2.45) is 5.73 Å². The third-order valence-electron chi connectivity index (χ3n) is 3.79. The molecule has 0 bridgehead atoms. The molecule has 0 radical (unpaired) electrons. The van der Waals surface area contributed by atoms with Crippen molar-refractivity contribution in [3.8, 4) is 0 Å². The molecule has 1 aliphatic heterocycles. The van der Waals surface area contributed by atoms with Crippen molar-refractivity contribution in [2.75, 3.05) is 12.8 Å². The van der Waals surface area contributed by atoms with Crippen molar-refractivity contribution in [3.63, 3.8) is 0 Å². The normalized spacial score (nSPS) is 24.6. The lowest BCUT2D eigenvalue weighted by molar-refractivity contribution is 0.0994. The molecule has 0 aliphatic carbocycles. The largest absolute Gasteiger partial charge is 0.390 e. The zero-order chi connectivity index (χ0) is 12.7. The van der Waals surface area contributed by atoms with Crippen LogP contribution in [0.4, 0.5) is 5.00 Å². The Morgan fingerprint density at radius 1 is 1.59 bits per heavy atom. The van der Waals surface area contributed by atoms with E-state index in [-0.39, 0.29) is 6.04 Å². The van der Waals surface area contributed by atoms with Gasteiger partial charge < -0.3 is 11.5 Å². The number of amides is 1. The number of primary amides is 1. The van der Waals surface area contributed by atoms with Gasteiger partial charge in [-0.25, -0.2) is 0 Å². The quantitative estimate of drug-likeness (QED) is 0.843. The number of hydrogen-bond donors (Lipinski definition) is 2. The Balaban J connectivity index is 2.53. The van der Waals surface area contributed by atoms with Gasteiger partial charge in [0.25, 0.3) is 5.91 Å². The van der Waals surface area contributed by atoms with E-state index in [1.54, 1.807) is 0 Å². The first kappa shape index (κ1) is 12.4. The Hall–Kier alpha value is -1.07. The minimum atomic E-state index is -0.407. The number of carbonyl (C=O) groups is 1. The lowest BCUT2D eigenvalue weighted by Crippen LogP contribution is -2.39. The van der Waals surface area contributed by atoms with Crippen LogP contribution in [-0.4, -0.2) is 23.9 Å². The fourth-order valence-electron chi connectivity index (χ4n) is 2.67. The predicted molar refractivity (Wildman–Crippen MR) is 71.2 cm³/mol. The number of nitrogens with two attached hydrogens (primary N) is 2. The molecule has 0 saturated heterocycles. The van der Waals surface area contributed by atoms with Gasteiger partial charge in [-0.15, -0.1) is 11.3 Å². The Labute approximate surface area is 106 Å². The highest BCUT2D eigenvalue weighted by Gasteiger charge is 2.34. The maximum atomic E-state index is 11.5. The molecule has 4 N–H and O–H groups in total. The molecule has 5 heteroatoms. The van der Waals surface area contributed by atoms with Crippen LogP contribution in [0.25, 0.3) is 0 Å². The topological polar surface area (TPSA) is 72.3 Å². The lowest BCUT2D eigenvalue weighted by Gasteiger charge is -2.37. The number of fused-ring (bicyclic) bond motifs is 1. The Morgan fingerprint density at radius 3 is 2.76 bits per heavy atom. The number of rotatable bonds is 2. The molecule has 4 nitrogen and oxygen atoms in total. The monoisotopic (exact) mass is 253 g/mol. The van der Waals surface area contributed by atoms with Gasteiger partial charge in [0.05, 0.1) is 10.6 Å². The number of nitrogens with zero attached hydrogens (tertiary/aromatic N) is 1. The van der Waals surface area contributed by atoms with E-state index in [1.165, 1.54) is 16.2 Å². The second-order valence-electron chi connectivity index (χ2n) is 4.65. The SMILES string of the molecule is CC[C@H]1Cc2sc(N)c(C(N)=O)c2[C@@H](C)N1C. The lowest BCUT2D eigenvalue weighted by atomic mass is 9.91. The maximum absolute atomic E-state index is 11.5. The van der Waals surface area contributed by atoms with E-state index < -0.39 is 5.91 Å². The average molecular weight is 253 g/mol. The van der Waals surface area contributed by atoms with Crippen LogP contribution in [-0.2, 0) is 6.42 Å². The third kappa shape index (κ3) is 1.83. The fraction of sp³-hybridized carbons (Fsp3) is 0.583. The van der Waals surface area contributed by atoms with E-state index in [1.807, 2.05) is 0 Å². The van der Waals surface area contributed by atoms with E-state index >= 15 is 0 Å². The van der Waals surface area contributed by atoms with Crippen LogP contribution in [0.15, 0.2) is 0 Å². The predicted octanol–water partition coefficient (Wildman–Crippen LogP) is 1.76. The summed E-state index contributed by atoms with van der Waals surface area (Å²) in [5.74, 6) is -0.407. The smallest absolute Gasteiger partial charge is 0.252 e. The molecule has 1 aromatic heterocycles. The van der Waals surface area contributed by atoms with E-state index in [2.05, 4.69) is 25.8 Å². The summed E-state index contributed by atoms with van der Waals surface area (Å²) in [6, 6.07) is 0.732. The summed E-state index contributed by atoms with van der Waals surface area (Å²) < 4.78 is 0. The molecular weight excluding hydrogens is 234 g/mol. The van der Waals surface area contributed by atoms with Crippen LogP contribution in [0.1, 0.15) is 47.1 Å². The van der Waals surface area contributed by atoms with Gasteiger partial charge in [0.15, 0.2) is 0 Å². The standard InChI is InChI=1S/C12H19N3OS/c1-4-7-5-8-9(6(2)15(7)3)10(11(13)16)12(14)17-8/h6-7H,4-5,14H2,1-3H3,(H2,13,16)/t6-,7+/m1/s1. The van der Waals surface area contributed by atoms with Crippen LogP contribution in [0.5, 0.6) is 0 Å². The molecule has 1 amide bonds. The third-order valence-corrected chi connectivity index (χ3v) is 4.85. The number of carbonyl (C=O) groups excluding carboxylic acids is 1. The van der Waals surface area contributed by atoms with Crippen molar-refractivity contribution in [2.45, 2.75) is 38.8 Å². The van der Waals surface area contributed by atoms with Crippen LogP contribution in [0.2, 0.25) is 0 Å². The van der Waals surface area contributed by atoms with E-state index in [9.17, 15) is 4.79 Å². The highest BCUT2D eigenvalue weighted by Crippen LogP contribution is 2.42. The van der Waals surface area contributed by atoms with Crippen LogP contribution >= 0.6 is 11.3 Å². The molecule has 2 rings (SSSR count). The first-order valence-electron chi connectivity index (χ1n) is 5.90. The van der Waals surface area contributed by atoms with Crippen molar-refractivity contribution in [3.05, 3.63) is 16.0 Å². The van der Waals surface area contributed by atoms with Gasteiger partial charge in [0.1, 0.15) is 0 Å². The Bertz CT molecular complexity index is 455. The molecule has 0 aromatic carbocycles. The second kappa shape index (κ2) is 4.31. The van der Waals surface area contributed by atoms with Crippen molar-refractivity contribution >= 4 is 22.2 Å². The second-order valence-corrected chi connectivity index (χ2v) is 5.79. The number of likely N-dealkylation sites (N-methyl/N-ethyl adjacent to an activating group) is 1. The zero-order valence-electron chi connectivity index (χ0n) is 10.5. The highest BCUT2D eigenvalue weighted by atomic mass is 32.1. The summed E-state index contributed by atoms with van der Waals surface area (Å²) in [5.41, 5.74) is 12.9. The minimum Gasteiger partial charge on any atom is -0.390 e. The molecule has 0 unspecified atom stereocenters. The number of hydrogen-bond acceptors (Lipinski definition) is 4. The summed E-state index contributed by atoms with van der Waals surface area (Å²) in [5, 5.41) is 0.569. The van der Waals surface area contributed by atoms with Gasteiger partial charge in [-0.3, -0.25) is 9.69 Å². The highest BCUT2D eigenvalue weighted by molar-refractivity contribution is 7.16. The average Bonchev–Trinajstić information content (AvgIpc) is 2.60. The van der Waals surface area contributed by atoms with Crippen molar-refractivity contribution in [1.29, 1.82) is 0 Å². The van der Waals surface area contributed by atoms with Crippen LogP contribution in [0.3, 0.4) is 0 Å². The minimum absolute atomic E-state index is 0.208. The molecule has 0 saturated carbocycles. The summed E-state index contributed by atoms with van der Waals surface area (Å²) in [6.45, 7) is 4.30. The van der Waals surface area contributed by atoms with Gasteiger partial charge in [-0.05, 0) is 32.4 Å². The van der Waals surface area contributed by atoms with Gasteiger partial charge in [-0.1, -0.05) is 6.92 Å². The van der Waals surface area contributed by atoms with Crippen LogP contribution < -0.4 is 11.5 Å². The molecule has 0 fully saturated rings. The maximum Gasteiger partial charge on any atom is 0.252 e. The van der Waals surface area contributed by atoms with E-state index in [0.29, 0.717) is 16.6 Å². The van der Waals surface area contributed by atoms with Gasteiger partial charge in [0, 0.05) is 17.0 Å². The molecule has 2 heterocycles. The fourth-order valence-corrected chi connectivity index (χ4v) is 3.91. The van der Waals surface area contributed by atoms with E-state index in [4.69, 9.17) is 11.5 Å². The first-order chi connectivity index (χ1) is 7.97. The summed E-state index contributed by atoms with van der Waals surface area (Å²) in [6.07, 6.45) is 2.07. The molecule has 94 valence electrons. The molecule has 17 heavy (non-hydrogen) atoms. The van der Waals surface area contributed by atoms with Gasteiger partial charge in [-0.2, -0.15) is 0 Å². The van der Waals surface area contributed by atoms with Crippen molar-refractivity contribution in [1.82, 2.24) is 4.90 Å². The first-order valence-corrected chi connectivity index (χ1v) is 6.71. The molecule has 1 aliphatic rings. The zero-order valence-corrected chi connectivity index (χ0v) is 11.3. The number of anilines is 1.